The number of thiazole rings is 1. The molecule has 214 valence electrons. The molecule has 4 heterocycles. The fourth-order valence-corrected chi connectivity index (χ4v) is 7.88. The van der Waals surface area contributed by atoms with Crippen LogP contribution in [0, 0.1) is 0 Å². The van der Waals surface area contributed by atoms with Crippen molar-refractivity contribution in [2.24, 2.45) is 5.16 Å². The van der Waals surface area contributed by atoms with Crippen LogP contribution in [-0.2, 0) is 25.7 Å². The van der Waals surface area contributed by atoms with Gasteiger partial charge in [0.2, 0.25) is 0 Å². The standard InChI is InChI=1S/C28H23N5O6S3/c1-38-15-8-6-14(7-9-15)11-39-27(36)19-10-21(17-12-40-20-5-3-2-4-16(17)20)42-26-23(25(35)33(19)26)31-24(34)22(32-37)18-13-41-28(29)30-18/h2-10,12-13,21,23,26,37H,11H2,1H3,(H2,29,30)(H,31,34)/b32-22+/t21?,23-,26+/m1/s1. The summed E-state index contributed by atoms with van der Waals surface area (Å²) in [6.07, 6.45) is 1.74. The summed E-state index contributed by atoms with van der Waals surface area (Å²) in [6.45, 7) is -0.000678. The minimum atomic E-state index is -0.985. The molecule has 0 spiro atoms. The minimum Gasteiger partial charge on any atom is -0.497 e. The van der Waals surface area contributed by atoms with Gasteiger partial charge in [-0.25, -0.2) is 9.78 Å². The van der Waals surface area contributed by atoms with Gasteiger partial charge in [-0.05, 0) is 46.2 Å². The van der Waals surface area contributed by atoms with E-state index in [2.05, 4.69) is 15.5 Å². The molecule has 3 atom stereocenters. The number of benzene rings is 2. The Labute approximate surface area is 251 Å². The van der Waals surface area contributed by atoms with Gasteiger partial charge in [0.1, 0.15) is 35.2 Å². The first-order valence-electron chi connectivity index (χ1n) is 12.6. The molecule has 1 fully saturated rings. The summed E-state index contributed by atoms with van der Waals surface area (Å²) in [6, 6.07) is 14.1. The number of amides is 2. The van der Waals surface area contributed by atoms with Gasteiger partial charge >= 0.3 is 5.97 Å². The molecule has 4 N–H and O–H groups in total. The number of fused-ring (bicyclic) bond motifs is 2. The van der Waals surface area contributed by atoms with Gasteiger partial charge in [-0.1, -0.05) is 35.5 Å². The molecule has 1 unspecified atom stereocenters. The largest absolute Gasteiger partial charge is 0.497 e. The first-order valence-corrected chi connectivity index (χ1v) is 15.3. The smallest absolute Gasteiger partial charge is 0.355 e. The average Bonchev–Trinajstić information content (AvgIpc) is 3.64. The van der Waals surface area contributed by atoms with E-state index in [0.29, 0.717) is 5.75 Å². The molecule has 2 aliphatic heterocycles. The van der Waals surface area contributed by atoms with Crippen molar-refractivity contribution >= 4 is 73.1 Å². The first-order chi connectivity index (χ1) is 20.4. The fraction of sp³-hybridized carbons (Fsp3) is 0.179. The van der Waals surface area contributed by atoms with Crippen molar-refractivity contribution in [2.45, 2.75) is 23.3 Å². The topological polar surface area (TPSA) is 156 Å². The van der Waals surface area contributed by atoms with Crippen molar-refractivity contribution in [1.29, 1.82) is 0 Å². The number of hydrogen-bond donors (Lipinski definition) is 3. The number of nitrogens with zero attached hydrogens (tertiary/aromatic N) is 3. The molecule has 2 amide bonds. The van der Waals surface area contributed by atoms with Crippen LogP contribution in [0.2, 0.25) is 0 Å². The molecule has 42 heavy (non-hydrogen) atoms. The number of carbonyl (C=O) groups excluding carboxylic acids is 3. The molecule has 4 aromatic rings. The predicted octanol–water partition coefficient (Wildman–Crippen LogP) is 3.90. The highest BCUT2D eigenvalue weighted by atomic mass is 32.2. The molecule has 11 nitrogen and oxygen atoms in total. The maximum atomic E-state index is 13.4. The van der Waals surface area contributed by atoms with Gasteiger partial charge in [-0.3, -0.25) is 14.5 Å². The van der Waals surface area contributed by atoms with Crippen LogP contribution in [0.15, 0.2) is 76.2 Å². The number of nitrogens with two attached hydrogens (primary N) is 1. The van der Waals surface area contributed by atoms with Gasteiger partial charge in [-0.2, -0.15) is 0 Å². The Morgan fingerprint density at radius 1 is 1.14 bits per heavy atom. The number of carbonyl (C=O) groups is 3. The van der Waals surface area contributed by atoms with Gasteiger partial charge in [0.15, 0.2) is 10.8 Å². The highest BCUT2D eigenvalue weighted by Crippen LogP contribution is 2.49. The van der Waals surface area contributed by atoms with Crippen LogP contribution in [0.4, 0.5) is 5.13 Å². The maximum Gasteiger partial charge on any atom is 0.355 e. The van der Waals surface area contributed by atoms with Crippen molar-refractivity contribution in [3.8, 4) is 5.75 Å². The van der Waals surface area contributed by atoms with Crippen molar-refractivity contribution in [2.75, 3.05) is 12.8 Å². The van der Waals surface area contributed by atoms with Crippen LogP contribution in [-0.4, -0.2) is 57.1 Å². The lowest BCUT2D eigenvalue weighted by molar-refractivity contribution is -0.153. The number of thioether (sulfide) groups is 1. The number of esters is 1. The van der Waals surface area contributed by atoms with E-state index in [1.54, 1.807) is 48.8 Å². The monoisotopic (exact) mass is 621 g/mol. The van der Waals surface area contributed by atoms with E-state index in [1.807, 2.05) is 29.6 Å². The summed E-state index contributed by atoms with van der Waals surface area (Å²) in [5, 5.41) is 19.1. The summed E-state index contributed by atoms with van der Waals surface area (Å²) < 4.78 is 11.9. The lowest BCUT2D eigenvalue weighted by atomic mass is 10.0. The Kier molecular flexibility index (Phi) is 7.58. The number of nitrogens with one attached hydrogen (secondary N) is 1. The van der Waals surface area contributed by atoms with Gasteiger partial charge in [0.25, 0.3) is 11.8 Å². The number of methoxy groups -OCH3 is 1. The van der Waals surface area contributed by atoms with Crippen molar-refractivity contribution in [3.05, 3.63) is 87.9 Å². The molecule has 14 heteroatoms. The molecule has 2 aliphatic rings. The first kappa shape index (κ1) is 27.8. The van der Waals surface area contributed by atoms with Crippen LogP contribution in [0.1, 0.15) is 22.1 Å². The number of ether oxygens (including phenoxy) is 2. The number of thiophene rings is 1. The van der Waals surface area contributed by atoms with Crippen LogP contribution < -0.4 is 15.8 Å². The summed E-state index contributed by atoms with van der Waals surface area (Å²) in [5.74, 6) is -1.26. The number of hydrogen-bond acceptors (Lipinski definition) is 12. The Morgan fingerprint density at radius 2 is 1.93 bits per heavy atom. The zero-order valence-electron chi connectivity index (χ0n) is 21.9. The van der Waals surface area contributed by atoms with E-state index in [4.69, 9.17) is 15.2 Å². The highest BCUT2D eigenvalue weighted by Gasteiger charge is 2.55. The minimum absolute atomic E-state index is 0.000678. The molecule has 6 rings (SSSR count). The second-order valence-corrected chi connectivity index (χ2v) is 12.4. The van der Waals surface area contributed by atoms with Gasteiger partial charge < -0.3 is 25.7 Å². The van der Waals surface area contributed by atoms with Gasteiger partial charge in [0.05, 0.1) is 12.4 Å². The van der Waals surface area contributed by atoms with E-state index >= 15 is 0 Å². The van der Waals surface area contributed by atoms with Crippen LogP contribution >= 0.6 is 34.4 Å². The third kappa shape index (κ3) is 5.08. The van der Waals surface area contributed by atoms with Crippen molar-refractivity contribution < 1.29 is 29.1 Å². The second-order valence-electron chi connectivity index (χ2n) is 9.29. The molecule has 2 aromatic heterocycles. The number of rotatable bonds is 8. The summed E-state index contributed by atoms with van der Waals surface area (Å²) in [7, 11) is 1.57. The van der Waals surface area contributed by atoms with E-state index in [1.165, 1.54) is 22.0 Å². The number of aromatic nitrogens is 1. The SMILES string of the molecule is COc1ccc(COC(=O)C2=CC(c3csc4ccccc34)S[C@H]3[C@H](NC(=O)/C(=N/O)c4csc(N)n4)C(=O)N23)cc1. The number of oxime groups is 1. The Balaban J connectivity index is 1.27. The lowest BCUT2D eigenvalue weighted by Crippen LogP contribution is -2.70. The fourth-order valence-electron chi connectivity index (χ4n) is 4.72. The number of β-lactam (4-membered cyclic amide) rings is 1. The Hall–Kier alpha value is -4.40. The molecule has 1 saturated heterocycles. The third-order valence-electron chi connectivity index (χ3n) is 6.82. The quantitative estimate of drug-likeness (QED) is 0.0873. The number of nitrogen functional groups attached to an aromatic ring is 1. The second kappa shape index (κ2) is 11.5. The average molecular weight is 622 g/mol. The highest BCUT2D eigenvalue weighted by molar-refractivity contribution is 8.00. The van der Waals surface area contributed by atoms with E-state index in [9.17, 15) is 19.6 Å². The summed E-state index contributed by atoms with van der Waals surface area (Å²) in [4.78, 5) is 45.1. The zero-order chi connectivity index (χ0) is 29.4. The molecule has 2 aromatic carbocycles. The molecular formula is C28H23N5O6S3. The van der Waals surface area contributed by atoms with E-state index in [0.717, 1.165) is 32.5 Å². The lowest BCUT2D eigenvalue weighted by Gasteiger charge is -2.50. The normalized spacial score (nSPS) is 20.0. The van der Waals surface area contributed by atoms with Crippen molar-refractivity contribution in [1.82, 2.24) is 15.2 Å². The van der Waals surface area contributed by atoms with Crippen LogP contribution in [0.25, 0.3) is 10.1 Å². The predicted molar refractivity (Wildman–Crippen MR) is 160 cm³/mol. The maximum absolute atomic E-state index is 13.4. The summed E-state index contributed by atoms with van der Waals surface area (Å²) in [5.41, 5.74) is 7.22. The van der Waals surface area contributed by atoms with Crippen LogP contribution in [0.3, 0.4) is 0 Å². The Bertz CT molecular complexity index is 1750. The van der Waals surface area contributed by atoms with Gasteiger partial charge in [0, 0.05) is 10.1 Å². The Morgan fingerprint density at radius 3 is 2.64 bits per heavy atom. The molecule has 0 radical (unpaired) electrons. The summed E-state index contributed by atoms with van der Waals surface area (Å²) >= 11 is 4.10. The van der Waals surface area contributed by atoms with Gasteiger partial charge in [-0.15, -0.1) is 34.4 Å². The van der Waals surface area contributed by atoms with Crippen LogP contribution in [0.5, 0.6) is 5.75 Å². The molecule has 0 bridgehead atoms. The van der Waals surface area contributed by atoms with Crippen molar-refractivity contribution in [3.63, 3.8) is 0 Å². The molecular weight excluding hydrogens is 599 g/mol. The zero-order valence-corrected chi connectivity index (χ0v) is 24.4. The molecule has 0 saturated carbocycles. The molecule has 0 aliphatic carbocycles. The van der Waals surface area contributed by atoms with E-state index < -0.39 is 29.2 Å². The number of anilines is 1. The third-order valence-corrected chi connectivity index (χ3v) is 9.92. The van der Waals surface area contributed by atoms with E-state index in [-0.39, 0.29) is 34.1 Å².